The Bertz CT molecular complexity index is 527. The fraction of sp³-hybridized carbons (Fsp3) is 0.588. The first-order valence-electron chi connectivity index (χ1n) is 8.29. The van der Waals surface area contributed by atoms with Crippen molar-refractivity contribution in [3.8, 4) is 5.75 Å². The third-order valence-electron chi connectivity index (χ3n) is 4.23. The average molecular weight is 320 g/mol. The minimum atomic E-state index is -0.488. The second-order valence-electron chi connectivity index (χ2n) is 6.04. The molecule has 2 rings (SSSR count). The second kappa shape index (κ2) is 9.12. The molecule has 0 radical (unpaired) electrons. The van der Waals surface area contributed by atoms with Crippen LogP contribution in [0.5, 0.6) is 5.75 Å². The number of nitro groups is 1. The predicted octanol–water partition coefficient (Wildman–Crippen LogP) is 3.45. The monoisotopic (exact) mass is 320 g/mol. The molecule has 0 saturated heterocycles. The summed E-state index contributed by atoms with van der Waals surface area (Å²) in [5, 5.41) is 13.5. The first-order valence-corrected chi connectivity index (χ1v) is 8.29. The van der Waals surface area contributed by atoms with Crippen LogP contribution in [0.15, 0.2) is 24.3 Å². The Hall–Kier alpha value is -2.11. The lowest BCUT2D eigenvalue weighted by molar-refractivity contribution is -0.384. The van der Waals surface area contributed by atoms with Crippen molar-refractivity contribution in [2.24, 2.45) is 5.92 Å². The van der Waals surface area contributed by atoms with Crippen molar-refractivity contribution in [2.75, 3.05) is 13.2 Å². The van der Waals surface area contributed by atoms with Gasteiger partial charge >= 0.3 is 0 Å². The van der Waals surface area contributed by atoms with E-state index < -0.39 is 4.92 Å². The Morgan fingerprint density at radius 3 is 2.83 bits per heavy atom. The van der Waals surface area contributed by atoms with Crippen LogP contribution in [0, 0.1) is 16.0 Å². The number of amides is 1. The maximum Gasteiger partial charge on any atom is 0.273 e. The fourth-order valence-electron chi connectivity index (χ4n) is 2.98. The average Bonchev–Trinajstić information content (AvgIpc) is 2.58. The zero-order chi connectivity index (χ0) is 16.5. The number of ether oxygens (including phenoxy) is 1. The molecule has 6 nitrogen and oxygen atoms in total. The van der Waals surface area contributed by atoms with E-state index in [0.29, 0.717) is 12.3 Å². The zero-order valence-electron chi connectivity index (χ0n) is 13.3. The lowest BCUT2D eigenvalue weighted by atomic mass is 9.86. The van der Waals surface area contributed by atoms with Gasteiger partial charge in [0.15, 0.2) is 6.61 Å². The number of carbonyl (C=O) groups excluding carboxylic acids is 1. The van der Waals surface area contributed by atoms with E-state index >= 15 is 0 Å². The lowest BCUT2D eigenvalue weighted by Crippen LogP contribution is -2.30. The van der Waals surface area contributed by atoms with E-state index in [0.717, 1.165) is 12.3 Å². The van der Waals surface area contributed by atoms with E-state index in [-0.39, 0.29) is 18.2 Å². The van der Waals surface area contributed by atoms with Crippen molar-refractivity contribution in [1.82, 2.24) is 5.32 Å². The van der Waals surface area contributed by atoms with E-state index in [1.165, 1.54) is 56.7 Å². The Kier molecular flexibility index (Phi) is 6.84. The van der Waals surface area contributed by atoms with Crippen LogP contribution in [-0.2, 0) is 4.79 Å². The molecule has 0 spiro atoms. The molecule has 1 aliphatic carbocycles. The smallest absolute Gasteiger partial charge is 0.273 e. The standard InChI is InChI=1S/C17H24N2O4/c20-17(18-11-5-8-14-6-2-1-3-7-14)13-23-16-10-4-9-15(12-16)19(21)22/h4,9-10,12,14H,1-3,5-8,11,13H2,(H,18,20). The molecular weight excluding hydrogens is 296 g/mol. The molecule has 0 unspecified atom stereocenters. The maximum atomic E-state index is 11.7. The number of rotatable bonds is 8. The SMILES string of the molecule is O=C(COc1cccc([N+](=O)[O-])c1)NCCCC1CCCCC1. The number of benzene rings is 1. The van der Waals surface area contributed by atoms with E-state index in [2.05, 4.69) is 5.32 Å². The van der Waals surface area contributed by atoms with Crippen LogP contribution >= 0.6 is 0 Å². The summed E-state index contributed by atoms with van der Waals surface area (Å²) < 4.78 is 5.29. The third-order valence-corrected chi connectivity index (χ3v) is 4.23. The molecule has 6 heteroatoms. The van der Waals surface area contributed by atoms with Gasteiger partial charge in [-0.15, -0.1) is 0 Å². The molecule has 23 heavy (non-hydrogen) atoms. The van der Waals surface area contributed by atoms with Crippen LogP contribution in [0.25, 0.3) is 0 Å². The fourth-order valence-corrected chi connectivity index (χ4v) is 2.98. The predicted molar refractivity (Wildman–Crippen MR) is 87.4 cm³/mol. The molecule has 1 fully saturated rings. The molecule has 1 aromatic rings. The summed E-state index contributed by atoms with van der Waals surface area (Å²) in [5.41, 5.74) is -0.0459. The molecule has 0 aromatic heterocycles. The number of nitro benzene ring substituents is 1. The van der Waals surface area contributed by atoms with Gasteiger partial charge in [-0.05, 0) is 24.8 Å². The van der Waals surface area contributed by atoms with Crippen LogP contribution in [0.2, 0.25) is 0 Å². The van der Waals surface area contributed by atoms with Crippen LogP contribution in [0.3, 0.4) is 0 Å². The van der Waals surface area contributed by atoms with Crippen LogP contribution in [0.4, 0.5) is 5.69 Å². The molecule has 1 saturated carbocycles. The summed E-state index contributed by atoms with van der Waals surface area (Å²) in [6.45, 7) is 0.540. The number of nitrogens with zero attached hydrogens (tertiary/aromatic N) is 1. The van der Waals surface area contributed by atoms with Crippen molar-refractivity contribution < 1.29 is 14.5 Å². The Balaban J connectivity index is 1.61. The first kappa shape index (κ1) is 17.2. The Morgan fingerprint density at radius 2 is 2.09 bits per heavy atom. The molecule has 1 amide bonds. The highest BCUT2D eigenvalue weighted by Crippen LogP contribution is 2.26. The molecule has 0 heterocycles. The van der Waals surface area contributed by atoms with Crippen molar-refractivity contribution in [2.45, 2.75) is 44.9 Å². The minimum absolute atomic E-state index is 0.0459. The summed E-state index contributed by atoms with van der Waals surface area (Å²) in [6.07, 6.45) is 8.86. The summed E-state index contributed by atoms with van der Waals surface area (Å²) in [4.78, 5) is 21.9. The highest BCUT2D eigenvalue weighted by Gasteiger charge is 2.13. The maximum absolute atomic E-state index is 11.7. The van der Waals surface area contributed by atoms with E-state index in [9.17, 15) is 14.9 Å². The molecular formula is C17H24N2O4. The van der Waals surface area contributed by atoms with Gasteiger partial charge in [0.2, 0.25) is 0 Å². The van der Waals surface area contributed by atoms with Gasteiger partial charge in [0.1, 0.15) is 5.75 Å². The quantitative estimate of drug-likeness (QED) is 0.452. The lowest BCUT2D eigenvalue weighted by Gasteiger charge is -2.21. The summed E-state index contributed by atoms with van der Waals surface area (Å²) >= 11 is 0. The number of hydrogen-bond donors (Lipinski definition) is 1. The minimum Gasteiger partial charge on any atom is -0.484 e. The van der Waals surface area contributed by atoms with Gasteiger partial charge < -0.3 is 10.1 Å². The van der Waals surface area contributed by atoms with Crippen molar-refractivity contribution >= 4 is 11.6 Å². The van der Waals surface area contributed by atoms with Gasteiger partial charge in [-0.2, -0.15) is 0 Å². The van der Waals surface area contributed by atoms with Gasteiger partial charge in [-0.1, -0.05) is 38.2 Å². The van der Waals surface area contributed by atoms with Crippen molar-refractivity contribution in [1.29, 1.82) is 0 Å². The topological polar surface area (TPSA) is 81.5 Å². The first-order chi connectivity index (χ1) is 11.1. The molecule has 1 aliphatic rings. The van der Waals surface area contributed by atoms with E-state index in [1.807, 2.05) is 0 Å². The molecule has 0 bridgehead atoms. The molecule has 1 N–H and O–H groups in total. The van der Waals surface area contributed by atoms with Gasteiger partial charge in [0, 0.05) is 12.6 Å². The number of nitrogens with one attached hydrogen (secondary N) is 1. The van der Waals surface area contributed by atoms with Gasteiger partial charge in [-0.3, -0.25) is 14.9 Å². The van der Waals surface area contributed by atoms with Crippen molar-refractivity contribution in [3.05, 3.63) is 34.4 Å². The molecule has 0 atom stereocenters. The summed E-state index contributed by atoms with van der Waals surface area (Å²) in [7, 11) is 0. The van der Waals surface area contributed by atoms with Gasteiger partial charge in [0.25, 0.3) is 11.6 Å². The summed E-state index contributed by atoms with van der Waals surface area (Å²) in [5.74, 6) is 0.957. The normalized spacial score (nSPS) is 15.1. The largest absolute Gasteiger partial charge is 0.484 e. The van der Waals surface area contributed by atoms with Crippen LogP contribution in [-0.4, -0.2) is 24.0 Å². The van der Waals surface area contributed by atoms with Gasteiger partial charge in [0.05, 0.1) is 11.0 Å². The molecule has 0 aliphatic heterocycles. The third kappa shape index (κ3) is 6.26. The summed E-state index contributed by atoms with van der Waals surface area (Å²) in [6, 6.07) is 5.84. The van der Waals surface area contributed by atoms with Crippen LogP contribution < -0.4 is 10.1 Å². The molecule has 126 valence electrons. The van der Waals surface area contributed by atoms with Gasteiger partial charge in [-0.25, -0.2) is 0 Å². The van der Waals surface area contributed by atoms with Crippen LogP contribution in [0.1, 0.15) is 44.9 Å². The second-order valence-corrected chi connectivity index (χ2v) is 6.04. The highest BCUT2D eigenvalue weighted by atomic mass is 16.6. The Labute approximate surface area is 136 Å². The molecule has 1 aromatic carbocycles. The highest BCUT2D eigenvalue weighted by molar-refractivity contribution is 5.77. The Morgan fingerprint density at radius 1 is 1.30 bits per heavy atom. The number of carbonyl (C=O) groups is 1. The van der Waals surface area contributed by atoms with Crippen molar-refractivity contribution in [3.63, 3.8) is 0 Å². The van der Waals surface area contributed by atoms with E-state index in [1.54, 1.807) is 6.07 Å². The number of hydrogen-bond acceptors (Lipinski definition) is 4. The van der Waals surface area contributed by atoms with E-state index in [4.69, 9.17) is 4.74 Å². The number of non-ortho nitro benzene ring substituents is 1. The zero-order valence-corrected chi connectivity index (χ0v) is 13.3.